The van der Waals surface area contributed by atoms with Crippen LogP contribution in [0.1, 0.15) is 19.8 Å². The SMILES string of the molecule is CCOC(=O)C(CCC#N)NC(=O)C(F)Cl. The number of nitrogens with zero attached hydrogens (tertiary/aromatic N) is 1. The van der Waals surface area contributed by atoms with Crippen molar-refractivity contribution in [1.82, 2.24) is 5.32 Å². The summed E-state index contributed by atoms with van der Waals surface area (Å²) in [6, 6.07) is 0.774. The van der Waals surface area contributed by atoms with Crippen molar-refractivity contribution in [2.45, 2.75) is 31.4 Å². The van der Waals surface area contributed by atoms with Gasteiger partial charge in [-0.05, 0) is 13.3 Å². The highest BCUT2D eigenvalue weighted by Crippen LogP contribution is 2.03. The molecule has 0 bridgehead atoms. The monoisotopic (exact) mass is 250 g/mol. The summed E-state index contributed by atoms with van der Waals surface area (Å²) in [4.78, 5) is 22.2. The number of hydrogen-bond donors (Lipinski definition) is 1. The Bertz CT molecular complexity index is 291. The molecule has 0 aliphatic rings. The molecule has 0 saturated heterocycles. The lowest BCUT2D eigenvalue weighted by Gasteiger charge is -2.15. The van der Waals surface area contributed by atoms with E-state index in [2.05, 4.69) is 10.1 Å². The molecular weight excluding hydrogens is 239 g/mol. The Labute approximate surface area is 97.5 Å². The van der Waals surface area contributed by atoms with E-state index < -0.39 is 23.5 Å². The Morgan fingerprint density at radius 1 is 1.62 bits per heavy atom. The molecular formula is C9H12ClFN2O3. The standard InChI is InChI=1S/C9H12ClFN2O3/c1-2-16-9(15)6(4-3-5-12)13-8(14)7(10)11/h6-7H,2-4H2,1H3,(H,13,14). The maximum absolute atomic E-state index is 12.4. The molecule has 16 heavy (non-hydrogen) atoms. The Kier molecular flexibility index (Phi) is 7.21. The molecule has 2 unspecified atom stereocenters. The lowest BCUT2D eigenvalue weighted by molar-refractivity contribution is -0.147. The summed E-state index contributed by atoms with van der Waals surface area (Å²) in [5.74, 6) is -1.82. The van der Waals surface area contributed by atoms with Crippen LogP contribution in [0.25, 0.3) is 0 Å². The maximum Gasteiger partial charge on any atom is 0.328 e. The van der Waals surface area contributed by atoms with Gasteiger partial charge < -0.3 is 10.1 Å². The van der Waals surface area contributed by atoms with Gasteiger partial charge in [-0.2, -0.15) is 5.26 Å². The van der Waals surface area contributed by atoms with Gasteiger partial charge in [-0.15, -0.1) is 0 Å². The zero-order valence-electron chi connectivity index (χ0n) is 8.70. The first-order chi connectivity index (χ1) is 7.52. The normalized spacial score (nSPS) is 13.4. The molecule has 7 heteroatoms. The molecule has 0 rings (SSSR count). The van der Waals surface area contributed by atoms with Crippen molar-refractivity contribution in [1.29, 1.82) is 5.26 Å². The van der Waals surface area contributed by atoms with Crippen molar-refractivity contribution >= 4 is 23.5 Å². The third-order valence-corrected chi connectivity index (χ3v) is 1.83. The van der Waals surface area contributed by atoms with Crippen LogP contribution in [0.15, 0.2) is 0 Å². The molecule has 90 valence electrons. The molecule has 0 aromatic rings. The van der Waals surface area contributed by atoms with E-state index in [4.69, 9.17) is 16.9 Å². The van der Waals surface area contributed by atoms with Crippen molar-refractivity contribution in [3.8, 4) is 6.07 Å². The van der Waals surface area contributed by atoms with E-state index in [1.54, 1.807) is 6.92 Å². The molecule has 2 atom stereocenters. The van der Waals surface area contributed by atoms with Crippen LogP contribution in [0.2, 0.25) is 0 Å². The zero-order valence-corrected chi connectivity index (χ0v) is 9.46. The van der Waals surface area contributed by atoms with Crippen molar-refractivity contribution in [3.05, 3.63) is 0 Å². The number of nitrogens with one attached hydrogen (secondary N) is 1. The lowest BCUT2D eigenvalue weighted by Crippen LogP contribution is -2.44. The number of halogens is 2. The summed E-state index contributed by atoms with van der Waals surface area (Å²) >= 11 is 4.89. The predicted molar refractivity (Wildman–Crippen MR) is 54.2 cm³/mol. The highest BCUT2D eigenvalue weighted by molar-refractivity contribution is 6.29. The van der Waals surface area contributed by atoms with Gasteiger partial charge in [-0.3, -0.25) is 4.79 Å². The Morgan fingerprint density at radius 2 is 2.25 bits per heavy atom. The van der Waals surface area contributed by atoms with E-state index in [0.717, 1.165) is 0 Å². The molecule has 0 saturated carbocycles. The number of rotatable bonds is 6. The fourth-order valence-electron chi connectivity index (χ4n) is 0.935. The predicted octanol–water partition coefficient (Wildman–Crippen LogP) is 0.872. The largest absolute Gasteiger partial charge is 0.464 e. The fourth-order valence-corrected chi connectivity index (χ4v) is 0.998. The molecule has 0 radical (unpaired) electrons. The number of nitriles is 1. The second-order valence-corrected chi connectivity index (χ2v) is 3.19. The van der Waals surface area contributed by atoms with E-state index in [9.17, 15) is 14.0 Å². The molecule has 5 nitrogen and oxygen atoms in total. The van der Waals surface area contributed by atoms with Crippen molar-refractivity contribution < 1.29 is 18.7 Å². The zero-order chi connectivity index (χ0) is 12.6. The number of carbonyl (C=O) groups excluding carboxylic acids is 2. The second kappa shape index (κ2) is 7.88. The minimum atomic E-state index is -2.22. The van der Waals surface area contributed by atoms with Gasteiger partial charge in [0.25, 0.3) is 11.5 Å². The van der Waals surface area contributed by atoms with E-state index in [1.165, 1.54) is 0 Å². The van der Waals surface area contributed by atoms with Crippen molar-refractivity contribution in [2.75, 3.05) is 6.61 Å². The Morgan fingerprint density at radius 3 is 2.69 bits per heavy atom. The third-order valence-electron chi connectivity index (χ3n) is 1.63. The van der Waals surface area contributed by atoms with Crippen LogP contribution in [-0.2, 0) is 14.3 Å². The summed E-state index contributed by atoms with van der Waals surface area (Å²) in [6.07, 6.45) is 0.105. The van der Waals surface area contributed by atoms with E-state index in [0.29, 0.717) is 0 Å². The van der Waals surface area contributed by atoms with Crippen LogP contribution in [0, 0.1) is 11.3 Å². The van der Waals surface area contributed by atoms with Gasteiger partial charge in [0.1, 0.15) is 6.04 Å². The van der Waals surface area contributed by atoms with E-state index >= 15 is 0 Å². The Balaban J connectivity index is 4.37. The van der Waals surface area contributed by atoms with Crippen LogP contribution in [-0.4, -0.2) is 30.2 Å². The summed E-state index contributed by atoms with van der Waals surface area (Å²) in [5, 5.41) is 10.4. The highest BCUT2D eigenvalue weighted by Gasteiger charge is 2.24. The van der Waals surface area contributed by atoms with Crippen molar-refractivity contribution in [2.24, 2.45) is 0 Å². The summed E-state index contributed by atoms with van der Waals surface area (Å²) < 4.78 is 17.0. The fraction of sp³-hybridized carbons (Fsp3) is 0.667. The molecule has 0 fully saturated rings. The van der Waals surface area contributed by atoms with E-state index in [1.807, 2.05) is 6.07 Å². The molecule has 0 aliphatic carbocycles. The molecule has 0 aliphatic heterocycles. The molecule has 0 heterocycles. The summed E-state index contributed by atoms with van der Waals surface area (Å²) in [7, 11) is 0. The van der Waals surface area contributed by atoms with Gasteiger partial charge in [0.15, 0.2) is 0 Å². The van der Waals surface area contributed by atoms with Crippen LogP contribution in [0.4, 0.5) is 4.39 Å². The van der Waals surface area contributed by atoms with Gasteiger partial charge >= 0.3 is 5.97 Å². The number of alkyl halides is 2. The molecule has 0 aromatic heterocycles. The number of carbonyl (C=O) groups is 2. The van der Waals surface area contributed by atoms with Crippen LogP contribution < -0.4 is 5.32 Å². The van der Waals surface area contributed by atoms with Gasteiger partial charge in [0, 0.05) is 6.42 Å². The molecule has 0 spiro atoms. The quantitative estimate of drug-likeness (QED) is 0.560. The van der Waals surface area contributed by atoms with Gasteiger partial charge in [-0.1, -0.05) is 11.6 Å². The van der Waals surface area contributed by atoms with Crippen LogP contribution in [0.3, 0.4) is 0 Å². The first-order valence-corrected chi connectivity index (χ1v) is 5.08. The molecule has 0 aromatic carbocycles. The summed E-state index contributed by atoms with van der Waals surface area (Å²) in [6.45, 7) is 1.73. The molecule has 1 N–H and O–H groups in total. The number of ether oxygens (including phenoxy) is 1. The Hall–Kier alpha value is -1.35. The van der Waals surface area contributed by atoms with Gasteiger partial charge in [-0.25, -0.2) is 9.18 Å². The minimum absolute atomic E-state index is 0.0446. The average molecular weight is 251 g/mol. The topological polar surface area (TPSA) is 79.2 Å². The van der Waals surface area contributed by atoms with Gasteiger partial charge in [0.2, 0.25) is 0 Å². The average Bonchev–Trinajstić information content (AvgIpc) is 2.23. The third kappa shape index (κ3) is 5.51. The summed E-state index contributed by atoms with van der Waals surface area (Å²) in [5.41, 5.74) is -2.22. The van der Waals surface area contributed by atoms with Crippen LogP contribution in [0.5, 0.6) is 0 Å². The first-order valence-electron chi connectivity index (χ1n) is 4.65. The first kappa shape index (κ1) is 14.6. The minimum Gasteiger partial charge on any atom is -0.464 e. The van der Waals surface area contributed by atoms with Crippen LogP contribution >= 0.6 is 11.6 Å². The smallest absolute Gasteiger partial charge is 0.328 e. The van der Waals surface area contributed by atoms with Gasteiger partial charge in [0.05, 0.1) is 12.7 Å². The highest BCUT2D eigenvalue weighted by atomic mass is 35.5. The number of esters is 1. The second-order valence-electron chi connectivity index (χ2n) is 2.81. The van der Waals surface area contributed by atoms with Crippen molar-refractivity contribution in [3.63, 3.8) is 0 Å². The molecule has 1 amide bonds. The maximum atomic E-state index is 12.4. The number of hydrogen-bond acceptors (Lipinski definition) is 4. The number of amides is 1. The van der Waals surface area contributed by atoms with E-state index in [-0.39, 0.29) is 19.4 Å². The lowest BCUT2D eigenvalue weighted by atomic mass is 10.1.